The van der Waals surface area contributed by atoms with Crippen LogP contribution in [0.15, 0.2) is 22.7 Å². The van der Waals surface area contributed by atoms with Gasteiger partial charge in [-0.05, 0) is 56.9 Å². The van der Waals surface area contributed by atoms with E-state index >= 15 is 0 Å². The number of rotatable bonds is 3. The summed E-state index contributed by atoms with van der Waals surface area (Å²) in [5.41, 5.74) is 4.58. The van der Waals surface area contributed by atoms with Crippen molar-refractivity contribution in [1.82, 2.24) is 15.5 Å². The third kappa shape index (κ3) is 2.58. The molecular formula is C19H21N3O3. The zero-order valence-electron chi connectivity index (χ0n) is 14.6. The number of H-pyrrole nitrogens is 1. The lowest BCUT2D eigenvalue weighted by Gasteiger charge is -2.23. The largest absolute Gasteiger partial charge is 0.497 e. The first kappa shape index (κ1) is 15.7. The van der Waals surface area contributed by atoms with Crippen molar-refractivity contribution in [2.75, 3.05) is 7.11 Å². The van der Waals surface area contributed by atoms with Crippen LogP contribution < -0.4 is 10.1 Å². The number of aromatic amines is 1. The van der Waals surface area contributed by atoms with Gasteiger partial charge >= 0.3 is 0 Å². The van der Waals surface area contributed by atoms with Crippen molar-refractivity contribution in [3.63, 3.8) is 0 Å². The van der Waals surface area contributed by atoms with Crippen LogP contribution in [-0.4, -0.2) is 23.2 Å². The molecule has 4 rings (SSSR count). The number of hydrogen-bond acceptors (Lipinski definition) is 4. The molecule has 0 saturated carbocycles. The minimum Gasteiger partial charge on any atom is -0.497 e. The van der Waals surface area contributed by atoms with Crippen LogP contribution in [-0.2, 0) is 6.42 Å². The Morgan fingerprint density at radius 2 is 2.24 bits per heavy atom. The van der Waals surface area contributed by atoms with Crippen LogP contribution in [0.3, 0.4) is 0 Å². The smallest absolute Gasteiger partial charge is 0.257 e. The highest BCUT2D eigenvalue weighted by Gasteiger charge is 2.28. The Kier molecular flexibility index (Phi) is 3.75. The number of amides is 1. The van der Waals surface area contributed by atoms with E-state index in [9.17, 15) is 4.79 Å². The van der Waals surface area contributed by atoms with Gasteiger partial charge in [-0.2, -0.15) is 0 Å². The van der Waals surface area contributed by atoms with Crippen LogP contribution in [0.5, 0.6) is 5.75 Å². The van der Waals surface area contributed by atoms with Crippen molar-refractivity contribution in [2.45, 2.75) is 39.2 Å². The molecule has 2 N–H and O–H groups in total. The number of ether oxygens (including phenoxy) is 1. The van der Waals surface area contributed by atoms with Crippen molar-refractivity contribution in [3.05, 3.63) is 46.5 Å². The van der Waals surface area contributed by atoms with Gasteiger partial charge in [0.2, 0.25) is 0 Å². The Balaban J connectivity index is 1.69. The average Bonchev–Trinajstić information content (AvgIpc) is 3.15. The number of hydrogen-bond donors (Lipinski definition) is 2. The van der Waals surface area contributed by atoms with E-state index in [1.165, 1.54) is 10.9 Å². The molecule has 0 radical (unpaired) electrons. The van der Waals surface area contributed by atoms with E-state index in [-0.39, 0.29) is 11.9 Å². The van der Waals surface area contributed by atoms with Crippen LogP contribution in [0.25, 0.3) is 10.9 Å². The van der Waals surface area contributed by atoms with E-state index in [0.717, 1.165) is 36.2 Å². The average molecular weight is 339 g/mol. The molecule has 0 fully saturated rings. The van der Waals surface area contributed by atoms with Crippen LogP contribution >= 0.6 is 0 Å². The third-order valence-corrected chi connectivity index (χ3v) is 4.98. The van der Waals surface area contributed by atoms with Crippen LogP contribution in [0, 0.1) is 13.8 Å². The quantitative estimate of drug-likeness (QED) is 0.764. The van der Waals surface area contributed by atoms with Crippen molar-refractivity contribution in [3.8, 4) is 5.75 Å². The number of nitrogens with one attached hydrogen (secondary N) is 2. The van der Waals surface area contributed by atoms with Crippen molar-refractivity contribution in [2.24, 2.45) is 0 Å². The second-order valence-corrected chi connectivity index (χ2v) is 6.55. The van der Waals surface area contributed by atoms with Gasteiger partial charge in [0.05, 0.1) is 18.8 Å². The van der Waals surface area contributed by atoms with Gasteiger partial charge in [-0.25, -0.2) is 0 Å². The minimum atomic E-state index is -0.134. The molecule has 2 aromatic heterocycles. The van der Waals surface area contributed by atoms with Crippen LogP contribution in [0.1, 0.15) is 52.0 Å². The number of benzene rings is 1. The SMILES string of the molecule is COc1ccc2[nH]c3c(c2c1)CCCC3NC(=O)c1c(C)noc1C. The predicted octanol–water partition coefficient (Wildman–Crippen LogP) is 3.59. The highest BCUT2D eigenvalue weighted by atomic mass is 16.5. The Morgan fingerprint density at radius 1 is 1.40 bits per heavy atom. The second kappa shape index (κ2) is 5.95. The molecule has 0 spiro atoms. The van der Waals surface area contributed by atoms with Gasteiger partial charge in [0.15, 0.2) is 0 Å². The van der Waals surface area contributed by atoms with Gasteiger partial charge in [-0.1, -0.05) is 5.16 Å². The fourth-order valence-electron chi connectivity index (χ4n) is 3.75. The molecule has 6 nitrogen and oxygen atoms in total. The number of nitrogens with zero attached hydrogens (tertiary/aromatic N) is 1. The molecule has 1 amide bonds. The maximum Gasteiger partial charge on any atom is 0.257 e. The molecule has 1 aliphatic rings. The summed E-state index contributed by atoms with van der Waals surface area (Å²) in [6.07, 6.45) is 2.94. The van der Waals surface area contributed by atoms with Crippen LogP contribution in [0.4, 0.5) is 0 Å². The molecule has 1 aliphatic carbocycles. The van der Waals surface area contributed by atoms with Gasteiger partial charge < -0.3 is 19.6 Å². The maximum atomic E-state index is 12.7. The Labute approximate surface area is 145 Å². The first-order valence-electron chi connectivity index (χ1n) is 8.50. The molecule has 3 aromatic rings. The molecule has 1 unspecified atom stereocenters. The Bertz CT molecular complexity index is 935. The van der Waals surface area contributed by atoms with E-state index in [0.29, 0.717) is 17.0 Å². The topological polar surface area (TPSA) is 80.1 Å². The summed E-state index contributed by atoms with van der Waals surface area (Å²) in [6.45, 7) is 3.54. The first-order chi connectivity index (χ1) is 12.1. The molecule has 130 valence electrons. The number of carbonyl (C=O) groups is 1. The number of aromatic nitrogens is 2. The summed E-state index contributed by atoms with van der Waals surface area (Å²) >= 11 is 0. The summed E-state index contributed by atoms with van der Waals surface area (Å²) in [5.74, 6) is 1.26. The molecule has 6 heteroatoms. The fraction of sp³-hybridized carbons (Fsp3) is 0.368. The van der Waals surface area contributed by atoms with E-state index < -0.39 is 0 Å². The standard InChI is InChI=1S/C19H21N3O3/c1-10-17(11(2)25-22-10)19(23)21-16-6-4-5-13-14-9-12(24-3)7-8-15(14)20-18(13)16/h7-9,16,20H,4-6H2,1-3H3,(H,21,23). The molecule has 1 atom stereocenters. The van der Waals surface area contributed by atoms with E-state index in [1.807, 2.05) is 12.1 Å². The van der Waals surface area contributed by atoms with E-state index in [4.69, 9.17) is 9.26 Å². The van der Waals surface area contributed by atoms with E-state index in [1.54, 1.807) is 21.0 Å². The van der Waals surface area contributed by atoms with Crippen molar-refractivity contribution in [1.29, 1.82) is 0 Å². The Hall–Kier alpha value is -2.76. The van der Waals surface area contributed by atoms with Gasteiger partial charge in [-0.3, -0.25) is 4.79 Å². The zero-order chi connectivity index (χ0) is 17.6. The van der Waals surface area contributed by atoms with Gasteiger partial charge in [0.1, 0.15) is 17.1 Å². The van der Waals surface area contributed by atoms with Crippen molar-refractivity contribution < 1.29 is 14.1 Å². The molecule has 0 bridgehead atoms. The summed E-state index contributed by atoms with van der Waals surface area (Å²) in [4.78, 5) is 16.2. The number of fused-ring (bicyclic) bond motifs is 3. The van der Waals surface area contributed by atoms with Crippen molar-refractivity contribution >= 4 is 16.8 Å². The molecule has 0 saturated heterocycles. The van der Waals surface area contributed by atoms with Gasteiger partial charge in [-0.15, -0.1) is 0 Å². The molecule has 2 heterocycles. The van der Waals surface area contributed by atoms with E-state index in [2.05, 4.69) is 21.5 Å². The lowest BCUT2D eigenvalue weighted by atomic mass is 9.91. The predicted molar refractivity (Wildman–Crippen MR) is 94.0 cm³/mol. The molecule has 1 aromatic carbocycles. The third-order valence-electron chi connectivity index (χ3n) is 4.98. The lowest BCUT2D eigenvalue weighted by molar-refractivity contribution is 0.0930. The van der Waals surface area contributed by atoms with Gasteiger partial charge in [0.25, 0.3) is 5.91 Å². The monoisotopic (exact) mass is 339 g/mol. The summed E-state index contributed by atoms with van der Waals surface area (Å²) in [5, 5.41) is 8.19. The number of carbonyl (C=O) groups excluding carboxylic acids is 1. The normalized spacial score (nSPS) is 16.7. The summed E-state index contributed by atoms with van der Waals surface area (Å²) in [6, 6.07) is 5.99. The highest BCUT2D eigenvalue weighted by Crippen LogP contribution is 2.36. The Morgan fingerprint density at radius 3 is 2.96 bits per heavy atom. The van der Waals surface area contributed by atoms with Crippen LogP contribution in [0.2, 0.25) is 0 Å². The molecular weight excluding hydrogens is 318 g/mol. The number of methoxy groups -OCH3 is 1. The summed E-state index contributed by atoms with van der Waals surface area (Å²) < 4.78 is 10.5. The minimum absolute atomic E-state index is 0.0386. The maximum absolute atomic E-state index is 12.7. The highest BCUT2D eigenvalue weighted by molar-refractivity contribution is 5.96. The lowest BCUT2D eigenvalue weighted by Crippen LogP contribution is -2.31. The number of aryl methyl sites for hydroxylation is 3. The van der Waals surface area contributed by atoms with Gasteiger partial charge in [0, 0.05) is 16.6 Å². The zero-order valence-corrected chi connectivity index (χ0v) is 14.6. The molecule has 25 heavy (non-hydrogen) atoms. The summed E-state index contributed by atoms with van der Waals surface area (Å²) in [7, 11) is 1.67. The molecule has 0 aliphatic heterocycles. The fourth-order valence-corrected chi connectivity index (χ4v) is 3.75. The second-order valence-electron chi connectivity index (χ2n) is 6.55. The first-order valence-corrected chi connectivity index (χ1v) is 8.50.